The van der Waals surface area contributed by atoms with Crippen LogP contribution in [0.2, 0.25) is 0 Å². The van der Waals surface area contributed by atoms with Gasteiger partial charge >= 0.3 is 6.09 Å². The van der Waals surface area contributed by atoms with Crippen molar-refractivity contribution in [3.63, 3.8) is 0 Å². The Balaban J connectivity index is 1.96. The average molecular weight is 393 g/mol. The minimum Gasteiger partial charge on any atom is -0.444 e. The molecule has 8 nitrogen and oxygen atoms in total. The lowest BCUT2D eigenvalue weighted by atomic mass is 10.2. The largest absolute Gasteiger partial charge is 0.444 e. The number of hydrogen-bond donors (Lipinski definition) is 2. The molecule has 158 valence electrons. The molecule has 1 unspecified atom stereocenters. The van der Waals surface area contributed by atoms with Gasteiger partial charge in [0.25, 0.3) is 0 Å². The van der Waals surface area contributed by atoms with E-state index in [0.717, 1.165) is 37.8 Å². The summed E-state index contributed by atoms with van der Waals surface area (Å²) in [5, 5.41) is 6.31. The first-order valence-corrected chi connectivity index (χ1v) is 10.2. The number of likely N-dealkylation sites (tertiary alicyclic amines) is 1. The fourth-order valence-corrected chi connectivity index (χ4v) is 3.17. The first kappa shape index (κ1) is 22.0. The molecule has 0 aliphatic carbocycles. The number of ether oxygens (including phenoxy) is 1. The SMILES string of the molecule is CCNC(=NCc1nccn1CC(C)C)N1CCC(NC(=O)OC(C)(C)C)C1. The van der Waals surface area contributed by atoms with E-state index in [4.69, 9.17) is 9.73 Å². The smallest absolute Gasteiger partial charge is 0.407 e. The van der Waals surface area contributed by atoms with Crippen LogP contribution < -0.4 is 10.6 Å². The topological polar surface area (TPSA) is 83.8 Å². The average Bonchev–Trinajstić information content (AvgIpc) is 3.18. The van der Waals surface area contributed by atoms with Crippen LogP contribution in [0.5, 0.6) is 0 Å². The highest BCUT2D eigenvalue weighted by Crippen LogP contribution is 2.13. The van der Waals surface area contributed by atoms with Crippen molar-refractivity contribution in [3.05, 3.63) is 18.2 Å². The Bertz CT molecular complexity index is 662. The minimum atomic E-state index is -0.489. The van der Waals surface area contributed by atoms with E-state index in [1.165, 1.54) is 0 Å². The molecule has 0 radical (unpaired) electrons. The second-order valence-corrected chi connectivity index (χ2v) is 8.64. The zero-order valence-corrected chi connectivity index (χ0v) is 18.2. The molecule has 1 fully saturated rings. The van der Waals surface area contributed by atoms with Gasteiger partial charge in [-0.1, -0.05) is 13.8 Å². The highest BCUT2D eigenvalue weighted by Gasteiger charge is 2.27. The standard InChI is InChI=1S/C20H36N6O2/c1-7-21-18(23-12-17-22-9-11-25(17)13-15(2)3)26-10-8-16(14-26)24-19(27)28-20(4,5)6/h9,11,15-16H,7-8,10,12-14H2,1-6H3,(H,21,23)(H,24,27). The number of hydrogen-bond acceptors (Lipinski definition) is 4. The summed E-state index contributed by atoms with van der Waals surface area (Å²) in [5.41, 5.74) is -0.489. The zero-order chi connectivity index (χ0) is 20.7. The maximum Gasteiger partial charge on any atom is 0.407 e. The van der Waals surface area contributed by atoms with Crippen LogP contribution in [0, 0.1) is 5.92 Å². The van der Waals surface area contributed by atoms with E-state index in [2.05, 4.69) is 45.9 Å². The summed E-state index contributed by atoms with van der Waals surface area (Å²) in [6.07, 6.45) is 4.34. The predicted molar refractivity (Wildman–Crippen MR) is 111 cm³/mol. The summed E-state index contributed by atoms with van der Waals surface area (Å²) < 4.78 is 7.52. The first-order chi connectivity index (χ1) is 13.2. The fraction of sp³-hybridized carbons (Fsp3) is 0.750. The Morgan fingerprint density at radius 1 is 1.43 bits per heavy atom. The number of alkyl carbamates (subject to hydrolysis) is 1. The number of nitrogens with zero attached hydrogens (tertiary/aromatic N) is 4. The summed E-state index contributed by atoms with van der Waals surface area (Å²) in [6, 6.07) is 0.0571. The second-order valence-electron chi connectivity index (χ2n) is 8.64. The Labute approximate surface area is 168 Å². The molecule has 1 amide bonds. The molecule has 1 aliphatic heterocycles. The van der Waals surface area contributed by atoms with Crippen LogP contribution in [0.3, 0.4) is 0 Å². The van der Waals surface area contributed by atoms with Crippen molar-refractivity contribution in [1.29, 1.82) is 0 Å². The fourth-order valence-electron chi connectivity index (χ4n) is 3.17. The second kappa shape index (κ2) is 9.80. The van der Waals surface area contributed by atoms with E-state index in [9.17, 15) is 4.79 Å². The Morgan fingerprint density at radius 3 is 2.82 bits per heavy atom. The lowest BCUT2D eigenvalue weighted by Gasteiger charge is -2.23. The molecule has 28 heavy (non-hydrogen) atoms. The molecule has 8 heteroatoms. The molecular weight excluding hydrogens is 356 g/mol. The van der Waals surface area contributed by atoms with E-state index in [-0.39, 0.29) is 12.1 Å². The van der Waals surface area contributed by atoms with Crippen molar-refractivity contribution in [2.45, 2.75) is 72.7 Å². The van der Waals surface area contributed by atoms with E-state index in [1.807, 2.05) is 33.2 Å². The number of carbonyl (C=O) groups is 1. The molecule has 0 bridgehead atoms. The number of amides is 1. The molecule has 2 heterocycles. The van der Waals surface area contributed by atoms with Gasteiger partial charge in [-0.15, -0.1) is 0 Å². The van der Waals surface area contributed by atoms with E-state index in [1.54, 1.807) is 0 Å². The maximum absolute atomic E-state index is 12.0. The Kier molecular flexibility index (Phi) is 7.71. The van der Waals surface area contributed by atoms with Gasteiger partial charge in [-0.25, -0.2) is 14.8 Å². The van der Waals surface area contributed by atoms with Crippen LogP contribution in [0.4, 0.5) is 4.79 Å². The maximum atomic E-state index is 12.0. The van der Waals surface area contributed by atoms with Crippen molar-refractivity contribution in [2.75, 3.05) is 19.6 Å². The molecule has 1 aliphatic rings. The third-order valence-corrected chi connectivity index (χ3v) is 4.28. The van der Waals surface area contributed by atoms with Gasteiger partial charge in [0.05, 0.1) is 6.04 Å². The van der Waals surface area contributed by atoms with Crippen LogP contribution in [0.15, 0.2) is 17.4 Å². The molecule has 1 saturated heterocycles. The molecule has 1 aromatic heterocycles. The van der Waals surface area contributed by atoms with Gasteiger partial charge in [-0.3, -0.25) is 0 Å². The highest BCUT2D eigenvalue weighted by atomic mass is 16.6. The number of aliphatic imine (C=N–C) groups is 1. The van der Waals surface area contributed by atoms with Gasteiger partial charge in [0.2, 0.25) is 0 Å². The van der Waals surface area contributed by atoms with Crippen LogP contribution in [0.25, 0.3) is 0 Å². The van der Waals surface area contributed by atoms with Crippen molar-refractivity contribution < 1.29 is 9.53 Å². The number of aromatic nitrogens is 2. The molecule has 2 rings (SSSR count). The third-order valence-electron chi connectivity index (χ3n) is 4.28. The van der Waals surface area contributed by atoms with Crippen molar-refractivity contribution in [3.8, 4) is 0 Å². The van der Waals surface area contributed by atoms with E-state index >= 15 is 0 Å². The monoisotopic (exact) mass is 392 g/mol. The predicted octanol–water partition coefficient (Wildman–Crippen LogP) is 2.60. The van der Waals surface area contributed by atoms with Crippen molar-refractivity contribution in [1.82, 2.24) is 25.1 Å². The lowest BCUT2D eigenvalue weighted by molar-refractivity contribution is 0.0507. The van der Waals surface area contributed by atoms with E-state index in [0.29, 0.717) is 19.0 Å². The summed E-state index contributed by atoms with van der Waals surface area (Å²) in [5.74, 6) is 2.38. The Morgan fingerprint density at radius 2 is 2.18 bits per heavy atom. The van der Waals surface area contributed by atoms with Gasteiger partial charge in [0.15, 0.2) is 5.96 Å². The van der Waals surface area contributed by atoms with Gasteiger partial charge in [-0.2, -0.15) is 0 Å². The van der Waals surface area contributed by atoms with Crippen LogP contribution in [0.1, 0.15) is 53.8 Å². The van der Waals surface area contributed by atoms with E-state index < -0.39 is 5.60 Å². The van der Waals surface area contributed by atoms with Gasteiger partial charge in [0, 0.05) is 38.6 Å². The molecule has 0 saturated carbocycles. The molecule has 1 atom stereocenters. The Hall–Kier alpha value is -2.25. The van der Waals surface area contributed by atoms with Crippen LogP contribution in [-0.4, -0.2) is 57.8 Å². The molecule has 0 aromatic carbocycles. The number of rotatable bonds is 6. The summed E-state index contributed by atoms with van der Waals surface area (Å²) in [7, 11) is 0. The summed E-state index contributed by atoms with van der Waals surface area (Å²) in [6.45, 7) is 15.9. The molecule has 0 spiro atoms. The lowest BCUT2D eigenvalue weighted by Crippen LogP contribution is -2.44. The number of carbonyl (C=O) groups excluding carboxylic acids is 1. The molecule has 1 aromatic rings. The molecule has 2 N–H and O–H groups in total. The van der Waals surface area contributed by atoms with Gasteiger partial charge in [-0.05, 0) is 40.0 Å². The normalized spacial score (nSPS) is 17.9. The summed E-state index contributed by atoms with van der Waals surface area (Å²) in [4.78, 5) is 23.4. The quantitative estimate of drug-likeness (QED) is 0.574. The van der Waals surface area contributed by atoms with Gasteiger partial charge < -0.3 is 24.8 Å². The first-order valence-electron chi connectivity index (χ1n) is 10.2. The number of nitrogens with one attached hydrogen (secondary N) is 2. The summed E-state index contributed by atoms with van der Waals surface area (Å²) >= 11 is 0. The number of imidazole rings is 1. The van der Waals surface area contributed by atoms with Crippen LogP contribution >= 0.6 is 0 Å². The highest BCUT2D eigenvalue weighted by molar-refractivity contribution is 5.80. The van der Waals surface area contributed by atoms with Crippen LogP contribution in [-0.2, 0) is 17.8 Å². The minimum absolute atomic E-state index is 0.0571. The number of guanidine groups is 1. The van der Waals surface area contributed by atoms with Gasteiger partial charge in [0.1, 0.15) is 18.0 Å². The zero-order valence-electron chi connectivity index (χ0n) is 18.2. The molecular formula is C20H36N6O2. The third kappa shape index (κ3) is 7.05. The van der Waals surface area contributed by atoms with Crippen molar-refractivity contribution >= 4 is 12.1 Å². The van der Waals surface area contributed by atoms with Crippen molar-refractivity contribution in [2.24, 2.45) is 10.9 Å².